The number of likely N-dealkylation sites (N-methyl/N-ethyl adjacent to an activating group) is 1. The summed E-state index contributed by atoms with van der Waals surface area (Å²) in [6.07, 6.45) is 4.82. The van der Waals surface area contributed by atoms with Crippen molar-refractivity contribution in [2.75, 3.05) is 33.8 Å². The lowest BCUT2D eigenvalue weighted by atomic mass is 10.2. The summed E-state index contributed by atoms with van der Waals surface area (Å²) in [5.74, 6) is 0. The van der Waals surface area contributed by atoms with Gasteiger partial charge in [0.1, 0.15) is 0 Å². The van der Waals surface area contributed by atoms with Gasteiger partial charge < -0.3 is 15.0 Å². The first-order valence-corrected chi connectivity index (χ1v) is 6.61. The molecular weight excluding hydrogens is 230 g/mol. The first kappa shape index (κ1) is 13.5. The fourth-order valence-electron chi connectivity index (χ4n) is 2.21. The standard InChI is InChI=1S/C12H23N5O/c1-13-8-11-9-17(15-14-11)6-5-16(2)10-12-4-3-7-18-12/h9,12-13H,3-8,10H2,1-2H3. The molecule has 0 bridgehead atoms. The zero-order chi connectivity index (χ0) is 12.8. The molecule has 0 amide bonds. The number of aromatic nitrogens is 3. The Labute approximate surface area is 108 Å². The van der Waals surface area contributed by atoms with Crippen LogP contribution in [0, 0.1) is 0 Å². The fourth-order valence-corrected chi connectivity index (χ4v) is 2.21. The zero-order valence-corrected chi connectivity index (χ0v) is 11.3. The Balaban J connectivity index is 1.69. The highest BCUT2D eigenvalue weighted by molar-refractivity contribution is 4.91. The van der Waals surface area contributed by atoms with Crippen LogP contribution in [0.3, 0.4) is 0 Å². The van der Waals surface area contributed by atoms with Gasteiger partial charge >= 0.3 is 0 Å². The Morgan fingerprint density at radius 2 is 2.50 bits per heavy atom. The van der Waals surface area contributed by atoms with Crippen LogP contribution in [-0.4, -0.2) is 59.8 Å². The summed E-state index contributed by atoms with van der Waals surface area (Å²) < 4.78 is 7.53. The van der Waals surface area contributed by atoms with Gasteiger partial charge in [-0.25, -0.2) is 0 Å². The molecule has 102 valence electrons. The van der Waals surface area contributed by atoms with Crippen molar-refractivity contribution in [3.63, 3.8) is 0 Å². The van der Waals surface area contributed by atoms with E-state index in [2.05, 4.69) is 27.6 Å². The van der Waals surface area contributed by atoms with Gasteiger partial charge in [0.05, 0.1) is 18.3 Å². The quantitative estimate of drug-likeness (QED) is 0.747. The highest BCUT2D eigenvalue weighted by atomic mass is 16.5. The summed E-state index contributed by atoms with van der Waals surface area (Å²) in [4.78, 5) is 2.30. The summed E-state index contributed by atoms with van der Waals surface area (Å²) >= 11 is 0. The monoisotopic (exact) mass is 253 g/mol. The Bertz CT molecular complexity index is 348. The van der Waals surface area contributed by atoms with E-state index in [1.807, 2.05) is 17.9 Å². The molecule has 0 radical (unpaired) electrons. The minimum Gasteiger partial charge on any atom is -0.377 e. The predicted molar refractivity (Wildman–Crippen MR) is 69.3 cm³/mol. The van der Waals surface area contributed by atoms with Crippen molar-refractivity contribution in [2.45, 2.75) is 32.0 Å². The van der Waals surface area contributed by atoms with E-state index in [1.165, 1.54) is 12.8 Å². The number of ether oxygens (including phenoxy) is 1. The SMILES string of the molecule is CNCc1cn(CCN(C)CC2CCCO2)nn1. The Kier molecular flexibility index (Phi) is 5.10. The van der Waals surface area contributed by atoms with Crippen molar-refractivity contribution < 1.29 is 4.74 Å². The second-order valence-corrected chi connectivity index (χ2v) is 4.90. The van der Waals surface area contributed by atoms with Crippen molar-refractivity contribution >= 4 is 0 Å². The molecule has 1 aromatic rings. The van der Waals surface area contributed by atoms with Crippen LogP contribution >= 0.6 is 0 Å². The topological polar surface area (TPSA) is 55.2 Å². The van der Waals surface area contributed by atoms with Gasteiger partial charge in [0.2, 0.25) is 0 Å². The van der Waals surface area contributed by atoms with E-state index < -0.39 is 0 Å². The summed E-state index contributed by atoms with van der Waals surface area (Å²) in [5.41, 5.74) is 0.985. The summed E-state index contributed by atoms with van der Waals surface area (Å²) in [5, 5.41) is 11.3. The summed E-state index contributed by atoms with van der Waals surface area (Å²) in [6, 6.07) is 0. The van der Waals surface area contributed by atoms with E-state index in [4.69, 9.17) is 4.74 Å². The van der Waals surface area contributed by atoms with E-state index >= 15 is 0 Å². The van der Waals surface area contributed by atoms with Crippen LogP contribution in [0.15, 0.2) is 6.20 Å². The third-order valence-corrected chi connectivity index (χ3v) is 3.19. The van der Waals surface area contributed by atoms with Crippen LogP contribution in [0.2, 0.25) is 0 Å². The van der Waals surface area contributed by atoms with E-state index in [0.717, 1.165) is 38.5 Å². The maximum Gasteiger partial charge on any atom is 0.0964 e. The molecule has 1 aromatic heterocycles. The van der Waals surface area contributed by atoms with Crippen LogP contribution in [-0.2, 0) is 17.8 Å². The number of rotatable bonds is 7. The third kappa shape index (κ3) is 4.04. The molecule has 1 unspecified atom stereocenters. The molecule has 0 spiro atoms. The van der Waals surface area contributed by atoms with Gasteiger partial charge in [0.15, 0.2) is 0 Å². The van der Waals surface area contributed by atoms with Crippen molar-refractivity contribution in [3.8, 4) is 0 Å². The lowest BCUT2D eigenvalue weighted by molar-refractivity contribution is 0.0800. The molecule has 18 heavy (non-hydrogen) atoms. The highest BCUT2D eigenvalue weighted by Crippen LogP contribution is 2.12. The van der Waals surface area contributed by atoms with Gasteiger partial charge in [0.25, 0.3) is 0 Å². The van der Waals surface area contributed by atoms with E-state index in [0.29, 0.717) is 6.10 Å². The van der Waals surface area contributed by atoms with Gasteiger partial charge in [-0.2, -0.15) is 0 Å². The zero-order valence-electron chi connectivity index (χ0n) is 11.3. The first-order chi connectivity index (χ1) is 8.78. The van der Waals surface area contributed by atoms with Crippen molar-refractivity contribution in [3.05, 3.63) is 11.9 Å². The van der Waals surface area contributed by atoms with Crippen LogP contribution < -0.4 is 5.32 Å². The number of hydrogen-bond acceptors (Lipinski definition) is 5. The first-order valence-electron chi connectivity index (χ1n) is 6.61. The highest BCUT2D eigenvalue weighted by Gasteiger charge is 2.17. The van der Waals surface area contributed by atoms with Crippen LogP contribution in [0.5, 0.6) is 0 Å². The minimum absolute atomic E-state index is 0.422. The average Bonchev–Trinajstić information content (AvgIpc) is 2.99. The van der Waals surface area contributed by atoms with E-state index in [1.54, 1.807) is 0 Å². The smallest absolute Gasteiger partial charge is 0.0964 e. The Hall–Kier alpha value is -0.980. The van der Waals surface area contributed by atoms with Crippen molar-refractivity contribution in [2.24, 2.45) is 0 Å². The number of hydrogen-bond donors (Lipinski definition) is 1. The average molecular weight is 253 g/mol. The molecule has 0 aromatic carbocycles. The second-order valence-electron chi connectivity index (χ2n) is 4.90. The van der Waals surface area contributed by atoms with Gasteiger partial charge in [-0.05, 0) is 26.9 Å². The second kappa shape index (κ2) is 6.82. The number of nitrogens with zero attached hydrogens (tertiary/aromatic N) is 4. The summed E-state index contributed by atoms with van der Waals surface area (Å²) in [6.45, 7) is 4.56. The lowest BCUT2D eigenvalue weighted by Gasteiger charge is -2.20. The maximum atomic E-state index is 5.63. The maximum absolute atomic E-state index is 5.63. The van der Waals surface area contributed by atoms with E-state index in [-0.39, 0.29) is 0 Å². The Morgan fingerprint density at radius 1 is 1.61 bits per heavy atom. The molecular formula is C12H23N5O. The molecule has 1 aliphatic heterocycles. The molecule has 1 atom stereocenters. The molecule has 6 nitrogen and oxygen atoms in total. The molecule has 0 saturated carbocycles. The normalized spacial score (nSPS) is 19.8. The molecule has 1 N–H and O–H groups in total. The molecule has 0 aliphatic carbocycles. The van der Waals surface area contributed by atoms with Crippen LogP contribution in [0.4, 0.5) is 0 Å². The van der Waals surface area contributed by atoms with Gasteiger partial charge in [-0.3, -0.25) is 4.68 Å². The number of nitrogens with one attached hydrogen (secondary N) is 1. The summed E-state index contributed by atoms with van der Waals surface area (Å²) in [7, 11) is 4.04. The van der Waals surface area contributed by atoms with Crippen LogP contribution in [0.1, 0.15) is 18.5 Å². The molecule has 2 rings (SSSR count). The van der Waals surface area contributed by atoms with Crippen molar-refractivity contribution in [1.82, 2.24) is 25.2 Å². The van der Waals surface area contributed by atoms with Crippen LogP contribution in [0.25, 0.3) is 0 Å². The largest absolute Gasteiger partial charge is 0.377 e. The predicted octanol–water partition coefficient (Wildman–Crippen LogP) is 0.108. The minimum atomic E-state index is 0.422. The van der Waals surface area contributed by atoms with E-state index in [9.17, 15) is 0 Å². The molecule has 1 aliphatic rings. The fraction of sp³-hybridized carbons (Fsp3) is 0.833. The third-order valence-electron chi connectivity index (χ3n) is 3.19. The van der Waals surface area contributed by atoms with Gasteiger partial charge in [0, 0.05) is 32.4 Å². The molecule has 2 heterocycles. The van der Waals surface area contributed by atoms with Crippen molar-refractivity contribution in [1.29, 1.82) is 0 Å². The Morgan fingerprint density at radius 3 is 3.22 bits per heavy atom. The molecule has 1 saturated heterocycles. The van der Waals surface area contributed by atoms with Gasteiger partial charge in [-0.15, -0.1) is 5.10 Å². The molecule has 1 fully saturated rings. The van der Waals surface area contributed by atoms with Gasteiger partial charge in [-0.1, -0.05) is 5.21 Å². The molecule has 6 heteroatoms. The lowest BCUT2D eigenvalue weighted by Crippen LogP contribution is -2.31.